The number of likely N-dealkylation sites (tertiary alicyclic amines) is 1. The fourth-order valence-electron chi connectivity index (χ4n) is 2.95. The number of carbonyl (C=O) groups is 2. The molecule has 2 rings (SSSR count). The molecule has 1 heterocycles. The Morgan fingerprint density at radius 3 is 2.71 bits per heavy atom. The minimum absolute atomic E-state index is 0.0228. The summed E-state index contributed by atoms with van der Waals surface area (Å²) in [6.07, 6.45) is 2.31. The predicted octanol–water partition coefficient (Wildman–Crippen LogP) is 2.04. The minimum Gasteiger partial charge on any atom is -0.508 e. The van der Waals surface area contributed by atoms with Crippen molar-refractivity contribution in [2.75, 3.05) is 6.54 Å². The van der Waals surface area contributed by atoms with E-state index in [0.29, 0.717) is 18.5 Å². The predicted molar refractivity (Wildman–Crippen MR) is 78.0 cm³/mol. The molecule has 0 aliphatic carbocycles. The summed E-state index contributed by atoms with van der Waals surface area (Å²) < 4.78 is 0. The average molecular weight is 291 g/mol. The highest BCUT2D eigenvalue weighted by Gasteiger charge is 2.36. The number of phenolic OH excluding ortho intramolecular Hbond substituents is 1. The highest BCUT2D eigenvalue weighted by molar-refractivity contribution is 5.84. The first-order chi connectivity index (χ1) is 10.0. The quantitative estimate of drug-likeness (QED) is 0.890. The fourth-order valence-corrected chi connectivity index (χ4v) is 2.95. The number of carboxylic acid groups (broad SMARTS) is 1. The van der Waals surface area contributed by atoms with Crippen LogP contribution in [0.5, 0.6) is 5.75 Å². The number of rotatable bonds is 4. The molecular weight excluding hydrogens is 270 g/mol. The molecule has 1 fully saturated rings. The van der Waals surface area contributed by atoms with Gasteiger partial charge in [0.15, 0.2) is 0 Å². The number of piperidine rings is 1. The zero-order chi connectivity index (χ0) is 15.4. The first kappa shape index (κ1) is 15.4. The van der Waals surface area contributed by atoms with Crippen LogP contribution in [0.2, 0.25) is 0 Å². The molecule has 5 nitrogen and oxygen atoms in total. The van der Waals surface area contributed by atoms with E-state index in [1.807, 2.05) is 13.0 Å². The first-order valence-electron chi connectivity index (χ1n) is 7.30. The first-order valence-corrected chi connectivity index (χ1v) is 7.30. The van der Waals surface area contributed by atoms with Crippen molar-refractivity contribution in [1.29, 1.82) is 0 Å². The van der Waals surface area contributed by atoms with Gasteiger partial charge in [0.2, 0.25) is 5.91 Å². The van der Waals surface area contributed by atoms with Crippen molar-refractivity contribution in [3.05, 3.63) is 29.8 Å². The topological polar surface area (TPSA) is 77.8 Å². The summed E-state index contributed by atoms with van der Waals surface area (Å²) in [6.45, 7) is 2.38. The van der Waals surface area contributed by atoms with Crippen molar-refractivity contribution in [3.63, 3.8) is 0 Å². The molecule has 0 saturated carbocycles. The van der Waals surface area contributed by atoms with Gasteiger partial charge in [0.25, 0.3) is 0 Å². The number of hydrogen-bond acceptors (Lipinski definition) is 3. The van der Waals surface area contributed by atoms with Crippen LogP contribution in [0.3, 0.4) is 0 Å². The summed E-state index contributed by atoms with van der Waals surface area (Å²) in [7, 11) is 0. The molecule has 2 atom stereocenters. The molecule has 2 N–H and O–H groups in total. The van der Waals surface area contributed by atoms with Crippen molar-refractivity contribution in [2.45, 2.75) is 38.6 Å². The van der Waals surface area contributed by atoms with E-state index in [9.17, 15) is 19.8 Å². The number of nitrogens with zero attached hydrogens (tertiary/aromatic N) is 1. The van der Waals surface area contributed by atoms with Gasteiger partial charge in [-0.3, -0.25) is 4.79 Å². The Bertz CT molecular complexity index is 529. The number of phenols is 1. The summed E-state index contributed by atoms with van der Waals surface area (Å²) in [6, 6.07) is 6.17. The summed E-state index contributed by atoms with van der Waals surface area (Å²) >= 11 is 0. The largest absolute Gasteiger partial charge is 0.508 e. The molecule has 0 bridgehead atoms. The number of para-hydroxylation sites is 1. The van der Waals surface area contributed by atoms with Gasteiger partial charge in [-0.2, -0.15) is 0 Å². The monoisotopic (exact) mass is 291 g/mol. The van der Waals surface area contributed by atoms with Crippen molar-refractivity contribution in [2.24, 2.45) is 5.92 Å². The van der Waals surface area contributed by atoms with Crippen LogP contribution in [-0.2, 0) is 16.0 Å². The highest BCUT2D eigenvalue weighted by atomic mass is 16.4. The Kier molecular flexibility index (Phi) is 4.83. The summed E-state index contributed by atoms with van der Waals surface area (Å²) in [4.78, 5) is 25.2. The molecule has 0 aromatic heterocycles. The van der Waals surface area contributed by atoms with E-state index in [1.54, 1.807) is 18.2 Å². The maximum atomic E-state index is 12.3. The van der Waals surface area contributed by atoms with Crippen LogP contribution in [0.25, 0.3) is 0 Å². The number of amides is 1. The molecular formula is C16H21NO4. The van der Waals surface area contributed by atoms with E-state index >= 15 is 0 Å². The molecule has 114 valence electrons. The van der Waals surface area contributed by atoms with Gasteiger partial charge < -0.3 is 15.1 Å². The number of aryl methyl sites for hydroxylation is 1. The smallest absolute Gasteiger partial charge is 0.326 e. The Labute approximate surface area is 124 Å². The van der Waals surface area contributed by atoms with Gasteiger partial charge in [-0.1, -0.05) is 25.1 Å². The van der Waals surface area contributed by atoms with E-state index in [4.69, 9.17) is 0 Å². The maximum Gasteiger partial charge on any atom is 0.326 e. The second kappa shape index (κ2) is 6.61. The lowest BCUT2D eigenvalue weighted by Gasteiger charge is -2.37. The lowest BCUT2D eigenvalue weighted by atomic mass is 9.90. The second-order valence-corrected chi connectivity index (χ2v) is 5.62. The van der Waals surface area contributed by atoms with Crippen LogP contribution < -0.4 is 0 Å². The molecule has 21 heavy (non-hydrogen) atoms. The van der Waals surface area contributed by atoms with Crippen LogP contribution >= 0.6 is 0 Å². The minimum atomic E-state index is -0.932. The van der Waals surface area contributed by atoms with Crippen LogP contribution in [0.15, 0.2) is 24.3 Å². The third-order valence-corrected chi connectivity index (χ3v) is 4.11. The van der Waals surface area contributed by atoms with Crippen molar-refractivity contribution < 1.29 is 19.8 Å². The van der Waals surface area contributed by atoms with Crippen LogP contribution in [0.4, 0.5) is 0 Å². The number of carbonyl (C=O) groups excluding carboxylic acids is 1. The number of hydrogen-bond donors (Lipinski definition) is 2. The number of aromatic hydroxyl groups is 1. The molecule has 1 saturated heterocycles. The molecule has 5 heteroatoms. The Morgan fingerprint density at radius 2 is 2.05 bits per heavy atom. The molecule has 0 spiro atoms. The summed E-state index contributed by atoms with van der Waals surface area (Å²) in [5.41, 5.74) is 0.711. The highest BCUT2D eigenvalue weighted by Crippen LogP contribution is 2.25. The van der Waals surface area contributed by atoms with Gasteiger partial charge in [0.1, 0.15) is 11.8 Å². The third kappa shape index (κ3) is 3.54. The summed E-state index contributed by atoms with van der Waals surface area (Å²) in [5.74, 6) is -0.937. The number of benzene rings is 1. The zero-order valence-electron chi connectivity index (χ0n) is 12.2. The normalized spacial score (nSPS) is 22.0. The second-order valence-electron chi connectivity index (χ2n) is 5.62. The van der Waals surface area contributed by atoms with E-state index in [2.05, 4.69) is 0 Å². The van der Waals surface area contributed by atoms with E-state index in [-0.39, 0.29) is 24.0 Å². The van der Waals surface area contributed by atoms with Crippen LogP contribution in [0, 0.1) is 5.92 Å². The van der Waals surface area contributed by atoms with Gasteiger partial charge in [-0.05, 0) is 36.8 Å². The van der Waals surface area contributed by atoms with Crippen LogP contribution in [0.1, 0.15) is 31.7 Å². The molecule has 0 radical (unpaired) electrons. The Hall–Kier alpha value is -2.04. The molecule has 1 aromatic carbocycles. The average Bonchev–Trinajstić information content (AvgIpc) is 2.45. The van der Waals surface area contributed by atoms with Crippen molar-refractivity contribution in [1.82, 2.24) is 4.90 Å². The van der Waals surface area contributed by atoms with Gasteiger partial charge in [-0.15, -0.1) is 0 Å². The lowest BCUT2D eigenvalue weighted by Crippen LogP contribution is -2.51. The molecule has 1 aromatic rings. The van der Waals surface area contributed by atoms with E-state index in [0.717, 1.165) is 12.8 Å². The van der Waals surface area contributed by atoms with Crippen molar-refractivity contribution in [3.8, 4) is 5.75 Å². The standard InChI is InChI=1S/C16H21NO4/c1-11-5-4-10-17(15(11)16(20)21)14(19)9-8-12-6-2-3-7-13(12)18/h2-3,6-7,11,15,18H,4-5,8-10H2,1H3,(H,20,21). The molecule has 1 amide bonds. The van der Waals surface area contributed by atoms with Crippen molar-refractivity contribution >= 4 is 11.9 Å². The SMILES string of the molecule is CC1CCCN(C(=O)CCc2ccccc2O)C1C(=O)O. The Balaban J connectivity index is 2.02. The molecule has 1 aliphatic rings. The fraction of sp³-hybridized carbons (Fsp3) is 0.500. The summed E-state index contributed by atoms with van der Waals surface area (Å²) in [5, 5.41) is 19.0. The maximum absolute atomic E-state index is 12.3. The zero-order valence-corrected chi connectivity index (χ0v) is 12.2. The van der Waals surface area contributed by atoms with Gasteiger partial charge >= 0.3 is 5.97 Å². The van der Waals surface area contributed by atoms with Gasteiger partial charge in [-0.25, -0.2) is 4.79 Å². The molecule has 2 unspecified atom stereocenters. The number of aliphatic carboxylic acids is 1. The van der Waals surface area contributed by atoms with Gasteiger partial charge in [0, 0.05) is 13.0 Å². The molecule has 1 aliphatic heterocycles. The van der Waals surface area contributed by atoms with Gasteiger partial charge in [0.05, 0.1) is 0 Å². The lowest BCUT2D eigenvalue weighted by molar-refractivity contribution is -0.154. The van der Waals surface area contributed by atoms with Crippen LogP contribution in [-0.4, -0.2) is 39.6 Å². The van der Waals surface area contributed by atoms with E-state index < -0.39 is 12.0 Å². The Morgan fingerprint density at radius 1 is 1.33 bits per heavy atom. The number of carboxylic acids is 1. The van der Waals surface area contributed by atoms with E-state index in [1.165, 1.54) is 4.90 Å². The third-order valence-electron chi connectivity index (χ3n) is 4.11.